The third kappa shape index (κ3) is 5.76. The summed E-state index contributed by atoms with van der Waals surface area (Å²) in [5.74, 6) is -0.599. The van der Waals surface area contributed by atoms with Gasteiger partial charge in [0, 0.05) is 37.1 Å². The number of carbonyl (C=O) groups excluding carboxylic acids is 1. The zero-order valence-electron chi connectivity index (χ0n) is 21.7. The number of anilines is 1. The fourth-order valence-corrected chi connectivity index (χ4v) is 4.69. The van der Waals surface area contributed by atoms with E-state index in [0.717, 1.165) is 13.0 Å². The molecule has 13 nitrogen and oxygen atoms in total. The summed E-state index contributed by atoms with van der Waals surface area (Å²) < 4.78 is 60.5. The Balaban J connectivity index is 1.38. The first kappa shape index (κ1) is 27.3. The fraction of sp³-hybridized carbons (Fsp3) is 0.320. The molecule has 1 saturated heterocycles. The van der Waals surface area contributed by atoms with Gasteiger partial charge in [-0.3, -0.25) is 9.48 Å². The van der Waals surface area contributed by atoms with Gasteiger partial charge in [-0.2, -0.15) is 23.8 Å². The molecule has 1 aliphatic rings. The van der Waals surface area contributed by atoms with Crippen LogP contribution >= 0.6 is 0 Å². The van der Waals surface area contributed by atoms with Crippen LogP contribution in [-0.4, -0.2) is 76.6 Å². The van der Waals surface area contributed by atoms with Crippen LogP contribution in [0.1, 0.15) is 34.2 Å². The number of amides is 1. The number of benzene rings is 1. The molecule has 0 radical (unpaired) electrons. The van der Waals surface area contributed by atoms with Crippen molar-refractivity contribution in [3.63, 3.8) is 0 Å². The number of fused-ring (bicyclic) bond motifs is 1. The Morgan fingerprint density at radius 1 is 1.21 bits per heavy atom. The van der Waals surface area contributed by atoms with Crippen molar-refractivity contribution in [2.45, 2.75) is 38.5 Å². The van der Waals surface area contributed by atoms with Gasteiger partial charge in [-0.25, -0.2) is 18.3 Å². The van der Waals surface area contributed by atoms with Crippen LogP contribution in [0.3, 0.4) is 0 Å². The average Bonchev–Trinajstić information content (AvgIpc) is 3.76. The number of carbonyl (C=O) groups is 1. The molecule has 0 saturated carbocycles. The third-order valence-electron chi connectivity index (χ3n) is 6.57. The standard InChI is InChI=1S/C25H23F4N11O2/c26-20(27)9-14-2-3-19(42-25(28)29)16(8-14)22-18(33-24(41)17-11-32-39-7-1-5-31-23(17)39)12-38(36-22)13-21-34-37-40(35-21)15-4-6-30-10-15/h1-3,5,7-8,11-12,15,20,25,30H,4,6,9-10,13H2,(H,33,41). The molecule has 5 heterocycles. The molecule has 0 bridgehead atoms. The summed E-state index contributed by atoms with van der Waals surface area (Å²) in [4.78, 5) is 19.0. The molecule has 17 heteroatoms. The van der Waals surface area contributed by atoms with Gasteiger partial charge in [0.2, 0.25) is 6.43 Å². The lowest BCUT2D eigenvalue weighted by Gasteiger charge is -2.13. The van der Waals surface area contributed by atoms with Crippen LogP contribution < -0.4 is 15.4 Å². The lowest BCUT2D eigenvalue weighted by molar-refractivity contribution is -0.0494. The highest BCUT2D eigenvalue weighted by Gasteiger charge is 2.24. The summed E-state index contributed by atoms with van der Waals surface area (Å²) in [7, 11) is 0. The molecule has 1 unspecified atom stereocenters. The number of hydrogen-bond donors (Lipinski definition) is 2. The number of nitrogens with one attached hydrogen (secondary N) is 2. The van der Waals surface area contributed by atoms with Gasteiger partial charge in [0.05, 0.1) is 17.9 Å². The highest BCUT2D eigenvalue weighted by molar-refractivity contribution is 6.09. The third-order valence-corrected chi connectivity index (χ3v) is 6.57. The summed E-state index contributed by atoms with van der Waals surface area (Å²) in [5.41, 5.74) is 0.665. The molecule has 0 spiro atoms. The molecule has 1 amide bonds. The maximum Gasteiger partial charge on any atom is 0.387 e. The molecule has 218 valence electrons. The van der Waals surface area contributed by atoms with E-state index in [4.69, 9.17) is 0 Å². The fourth-order valence-electron chi connectivity index (χ4n) is 4.69. The Labute approximate surface area is 234 Å². The van der Waals surface area contributed by atoms with Crippen LogP contribution in [0, 0.1) is 0 Å². The van der Waals surface area contributed by atoms with Crippen molar-refractivity contribution in [2.75, 3.05) is 18.4 Å². The highest BCUT2D eigenvalue weighted by Crippen LogP contribution is 2.36. The predicted molar refractivity (Wildman–Crippen MR) is 138 cm³/mol. The number of nitrogens with zero attached hydrogens (tertiary/aromatic N) is 9. The van der Waals surface area contributed by atoms with Crippen LogP contribution in [-0.2, 0) is 13.0 Å². The summed E-state index contributed by atoms with van der Waals surface area (Å²) in [5, 5.41) is 27.2. The second kappa shape index (κ2) is 11.5. The summed E-state index contributed by atoms with van der Waals surface area (Å²) >= 11 is 0. The van der Waals surface area contributed by atoms with E-state index in [1.165, 1.54) is 50.8 Å². The van der Waals surface area contributed by atoms with Crippen molar-refractivity contribution in [2.24, 2.45) is 0 Å². The van der Waals surface area contributed by atoms with Crippen molar-refractivity contribution in [1.29, 1.82) is 0 Å². The topological polar surface area (TPSA) is 142 Å². The van der Waals surface area contributed by atoms with E-state index in [0.29, 0.717) is 12.4 Å². The molecule has 42 heavy (non-hydrogen) atoms. The highest BCUT2D eigenvalue weighted by atomic mass is 19.3. The minimum absolute atomic E-state index is 0.00642. The number of rotatable bonds is 10. The van der Waals surface area contributed by atoms with Crippen molar-refractivity contribution in [3.8, 4) is 17.0 Å². The molecule has 6 rings (SSSR count). The molecule has 0 aliphatic carbocycles. The minimum Gasteiger partial charge on any atom is -0.434 e. The number of tetrazole rings is 1. The molecule has 1 fully saturated rings. The van der Waals surface area contributed by atoms with E-state index in [1.54, 1.807) is 12.3 Å². The Kier molecular flexibility index (Phi) is 7.47. The van der Waals surface area contributed by atoms with Gasteiger partial charge in [0.25, 0.3) is 5.91 Å². The summed E-state index contributed by atoms with van der Waals surface area (Å²) in [6.07, 6.45) is 3.45. The van der Waals surface area contributed by atoms with E-state index in [1.807, 2.05) is 0 Å². The Morgan fingerprint density at radius 3 is 2.88 bits per heavy atom. The largest absolute Gasteiger partial charge is 0.434 e. The Bertz CT molecular complexity index is 1710. The van der Waals surface area contributed by atoms with Crippen molar-refractivity contribution < 1.29 is 27.1 Å². The smallest absolute Gasteiger partial charge is 0.387 e. The molecule has 1 aliphatic heterocycles. The maximum absolute atomic E-state index is 13.3. The van der Waals surface area contributed by atoms with Crippen molar-refractivity contribution in [3.05, 3.63) is 66.0 Å². The second-order valence-electron chi connectivity index (χ2n) is 9.47. The number of ether oxygens (including phenoxy) is 1. The second-order valence-corrected chi connectivity index (χ2v) is 9.47. The van der Waals surface area contributed by atoms with Crippen LogP contribution in [0.15, 0.2) is 49.1 Å². The first-order valence-electron chi connectivity index (χ1n) is 12.9. The van der Waals surface area contributed by atoms with Gasteiger partial charge in [-0.15, -0.1) is 10.2 Å². The van der Waals surface area contributed by atoms with Crippen molar-refractivity contribution in [1.82, 2.24) is 49.9 Å². The van der Waals surface area contributed by atoms with Gasteiger partial charge < -0.3 is 15.4 Å². The van der Waals surface area contributed by atoms with E-state index in [-0.39, 0.29) is 52.1 Å². The number of hydrogen-bond acceptors (Lipinski definition) is 9. The molecular weight excluding hydrogens is 562 g/mol. The summed E-state index contributed by atoms with van der Waals surface area (Å²) in [6.45, 7) is -1.64. The summed E-state index contributed by atoms with van der Waals surface area (Å²) in [6, 6.07) is 5.43. The van der Waals surface area contributed by atoms with Crippen LogP contribution in [0.4, 0.5) is 23.2 Å². The van der Waals surface area contributed by atoms with Crippen LogP contribution in [0.25, 0.3) is 16.9 Å². The molecule has 1 atom stereocenters. The number of aromatic nitrogens is 9. The van der Waals surface area contributed by atoms with Gasteiger partial charge in [-0.1, -0.05) is 6.07 Å². The maximum atomic E-state index is 13.3. The van der Waals surface area contributed by atoms with E-state index in [2.05, 4.69) is 46.0 Å². The monoisotopic (exact) mass is 585 g/mol. The first-order valence-corrected chi connectivity index (χ1v) is 12.9. The van der Waals surface area contributed by atoms with Gasteiger partial charge in [0.1, 0.15) is 23.6 Å². The van der Waals surface area contributed by atoms with E-state index < -0.39 is 25.4 Å². The van der Waals surface area contributed by atoms with Crippen LogP contribution in [0.2, 0.25) is 0 Å². The Hall–Kier alpha value is -4.93. The average molecular weight is 586 g/mol. The van der Waals surface area contributed by atoms with Gasteiger partial charge >= 0.3 is 6.61 Å². The molecule has 5 aromatic rings. The van der Waals surface area contributed by atoms with Gasteiger partial charge in [0.15, 0.2) is 11.5 Å². The SMILES string of the molecule is O=C(Nc1cn(Cc2nnn(C3CCNC3)n2)nc1-c1cc(CC(F)F)ccc1OC(F)F)c1cnn2cccnc12. The normalized spacial score (nSPS) is 15.2. The van der Waals surface area contributed by atoms with E-state index >= 15 is 0 Å². The molecule has 1 aromatic carbocycles. The molecule has 4 aromatic heterocycles. The van der Waals surface area contributed by atoms with Gasteiger partial charge in [-0.05, 0) is 41.9 Å². The lowest BCUT2D eigenvalue weighted by atomic mass is 10.0. The minimum atomic E-state index is -3.20. The Morgan fingerprint density at radius 2 is 2.10 bits per heavy atom. The number of halogens is 4. The lowest BCUT2D eigenvalue weighted by Crippen LogP contribution is -2.16. The quantitative estimate of drug-likeness (QED) is 0.237. The zero-order valence-corrected chi connectivity index (χ0v) is 21.7. The molecule has 2 N–H and O–H groups in total. The predicted octanol–water partition coefficient (Wildman–Crippen LogP) is 2.82. The number of alkyl halides is 4. The van der Waals surface area contributed by atoms with E-state index in [9.17, 15) is 22.4 Å². The zero-order chi connectivity index (χ0) is 29.2. The molecular formula is C25H23F4N11O2. The van der Waals surface area contributed by atoms with Crippen LogP contribution in [0.5, 0.6) is 5.75 Å². The first-order chi connectivity index (χ1) is 20.3. The van der Waals surface area contributed by atoms with Crippen molar-refractivity contribution >= 4 is 17.2 Å².